The second kappa shape index (κ2) is 3.72. The van der Waals surface area contributed by atoms with Gasteiger partial charge in [-0.3, -0.25) is 0 Å². The van der Waals surface area contributed by atoms with Gasteiger partial charge in [0.05, 0.1) is 11.6 Å². The molecule has 0 aliphatic rings. The molecule has 66 valence electrons. The van der Waals surface area contributed by atoms with Gasteiger partial charge in [-0.2, -0.15) is 15.0 Å². The van der Waals surface area contributed by atoms with E-state index in [1.165, 1.54) is 4.80 Å². The van der Waals surface area contributed by atoms with E-state index in [0.29, 0.717) is 0 Å². The molecule has 4 heteroatoms. The van der Waals surface area contributed by atoms with Crippen LogP contribution >= 0.6 is 11.6 Å². The zero-order valence-corrected chi connectivity index (χ0v) is 8.21. The zero-order valence-electron chi connectivity index (χ0n) is 7.45. The van der Waals surface area contributed by atoms with Crippen LogP contribution in [0.1, 0.15) is 19.5 Å². The Hall–Kier alpha value is -0.830. The lowest BCUT2D eigenvalue weighted by molar-refractivity contribution is 0.652. The van der Waals surface area contributed by atoms with Crippen LogP contribution in [0.15, 0.2) is 11.8 Å². The molecule has 0 aliphatic carbocycles. The third-order valence-electron chi connectivity index (χ3n) is 1.62. The minimum Gasteiger partial charge on any atom is -0.187 e. The molecule has 1 heterocycles. The van der Waals surface area contributed by atoms with Crippen molar-refractivity contribution in [3.8, 4) is 0 Å². The third kappa shape index (κ3) is 2.34. The molecule has 1 atom stereocenters. The van der Waals surface area contributed by atoms with Gasteiger partial charge in [0, 0.05) is 7.05 Å². The third-order valence-corrected chi connectivity index (χ3v) is 1.96. The maximum Gasteiger partial charge on any atom is 0.105 e. The molecule has 0 saturated heterocycles. The maximum absolute atomic E-state index is 5.86. The molecule has 0 aromatic carbocycles. The predicted octanol–water partition coefficient (Wildman–Crippen LogP) is 1.85. The van der Waals surface area contributed by atoms with E-state index < -0.39 is 0 Å². The summed E-state index contributed by atoms with van der Waals surface area (Å²) < 4.78 is 0. The Kier molecular flexibility index (Phi) is 2.87. The van der Waals surface area contributed by atoms with Crippen molar-refractivity contribution in [3.05, 3.63) is 17.5 Å². The summed E-state index contributed by atoms with van der Waals surface area (Å²) in [6.07, 6.45) is 3.65. The van der Waals surface area contributed by atoms with Crippen LogP contribution in [0.2, 0.25) is 0 Å². The van der Waals surface area contributed by atoms with Crippen molar-refractivity contribution in [2.75, 3.05) is 0 Å². The number of hydrogen-bond donors (Lipinski definition) is 0. The molecule has 0 fully saturated rings. The van der Waals surface area contributed by atoms with Crippen molar-refractivity contribution in [2.24, 2.45) is 7.05 Å². The summed E-state index contributed by atoms with van der Waals surface area (Å²) >= 11 is 5.86. The van der Waals surface area contributed by atoms with E-state index in [-0.39, 0.29) is 5.38 Å². The SMILES string of the molecule is C/C(=C\c1cnn(C)n1)C(C)Cl. The van der Waals surface area contributed by atoms with E-state index in [1.807, 2.05) is 19.9 Å². The zero-order chi connectivity index (χ0) is 9.14. The summed E-state index contributed by atoms with van der Waals surface area (Å²) in [5.41, 5.74) is 1.94. The number of rotatable bonds is 2. The normalized spacial score (nSPS) is 14.8. The second-order valence-electron chi connectivity index (χ2n) is 2.76. The van der Waals surface area contributed by atoms with Crippen molar-refractivity contribution in [2.45, 2.75) is 19.2 Å². The van der Waals surface area contributed by atoms with Gasteiger partial charge in [-0.25, -0.2) is 0 Å². The summed E-state index contributed by atoms with van der Waals surface area (Å²) in [4.78, 5) is 1.53. The van der Waals surface area contributed by atoms with Gasteiger partial charge in [0.2, 0.25) is 0 Å². The molecule has 0 radical (unpaired) electrons. The number of aryl methyl sites for hydroxylation is 1. The number of aromatic nitrogens is 3. The fourth-order valence-electron chi connectivity index (χ4n) is 0.776. The lowest BCUT2D eigenvalue weighted by atomic mass is 10.2. The summed E-state index contributed by atoms with van der Waals surface area (Å²) in [5.74, 6) is 0. The number of nitrogens with zero attached hydrogens (tertiary/aromatic N) is 3. The Morgan fingerprint density at radius 2 is 2.42 bits per heavy atom. The van der Waals surface area contributed by atoms with Crippen molar-refractivity contribution in [1.82, 2.24) is 15.0 Å². The molecule has 1 rings (SSSR count). The lowest BCUT2D eigenvalue weighted by Gasteiger charge is -1.99. The van der Waals surface area contributed by atoms with E-state index in [9.17, 15) is 0 Å². The largest absolute Gasteiger partial charge is 0.187 e. The molecule has 0 amide bonds. The van der Waals surface area contributed by atoms with Crippen LogP contribution in [0.3, 0.4) is 0 Å². The minimum atomic E-state index is 0.0482. The topological polar surface area (TPSA) is 30.7 Å². The van der Waals surface area contributed by atoms with Gasteiger partial charge < -0.3 is 0 Å². The quantitative estimate of drug-likeness (QED) is 0.659. The van der Waals surface area contributed by atoms with Crippen molar-refractivity contribution in [1.29, 1.82) is 0 Å². The molecule has 0 N–H and O–H groups in total. The Morgan fingerprint density at radius 1 is 1.75 bits per heavy atom. The maximum atomic E-state index is 5.86. The van der Waals surface area contributed by atoms with E-state index in [4.69, 9.17) is 11.6 Å². The second-order valence-corrected chi connectivity index (χ2v) is 3.42. The first kappa shape index (κ1) is 9.26. The lowest BCUT2D eigenvalue weighted by Crippen LogP contribution is -1.93. The first-order valence-electron chi connectivity index (χ1n) is 3.78. The Bertz CT molecular complexity index is 288. The average Bonchev–Trinajstić information content (AvgIpc) is 2.35. The van der Waals surface area contributed by atoms with Gasteiger partial charge in [-0.05, 0) is 19.9 Å². The standard InChI is InChI=1S/C8H12ClN3/c1-6(7(2)9)4-8-5-10-12(3)11-8/h4-5,7H,1-3H3/b6-4+. The fraction of sp³-hybridized carbons (Fsp3) is 0.500. The highest BCUT2D eigenvalue weighted by atomic mass is 35.5. The molecular weight excluding hydrogens is 174 g/mol. The van der Waals surface area contributed by atoms with Crippen molar-refractivity contribution < 1.29 is 0 Å². The van der Waals surface area contributed by atoms with Crippen molar-refractivity contribution in [3.63, 3.8) is 0 Å². The Morgan fingerprint density at radius 3 is 2.83 bits per heavy atom. The molecule has 0 saturated carbocycles. The highest BCUT2D eigenvalue weighted by molar-refractivity contribution is 6.22. The molecule has 1 aromatic heterocycles. The molecule has 12 heavy (non-hydrogen) atoms. The van der Waals surface area contributed by atoms with Gasteiger partial charge in [0.15, 0.2) is 0 Å². The summed E-state index contributed by atoms with van der Waals surface area (Å²) in [6.45, 7) is 3.91. The van der Waals surface area contributed by atoms with Crippen LogP contribution in [0, 0.1) is 0 Å². The molecule has 0 aliphatic heterocycles. The van der Waals surface area contributed by atoms with Crippen LogP contribution in [-0.4, -0.2) is 20.4 Å². The molecule has 0 spiro atoms. The smallest absolute Gasteiger partial charge is 0.105 e. The van der Waals surface area contributed by atoms with Crippen LogP contribution in [0.4, 0.5) is 0 Å². The van der Waals surface area contributed by atoms with E-state index in [2.05, 4.69) is 10.2 Å². The molecule has 0 bridgehead atoms. The van der Waals surface area contributed by atoms with Crippen LogP contribution in [-0.2, 0) is 7.05 Å². The summed E-state index contributed by atoms with van der Waals surface area (Å²) in [7, 11) is 1.79. The van der Waals surface area contributed by atoms with Gasteiger partial charge in [0.25, 0.3) is 0 Å². The summed E-state index contributed by atoms with van der Waals surface area (Å²) in [5, 5.41) is 8.10. The van der Waals surface area contributed by atoms with E-state index >= 15 is 0 Å². The molecular formula is C8H12ClN3. The van der Waals surface area contributed by atoms with E-state index in [0.717, 1.165) is 11.3 Å². The Labute approximate surface area is 77.0 Å². The number of alkyl halides is 1. The first-order valence-corrected chi connectivity index (χ1v) is 4.22. The van der Waals surface area contributed by atoms with Gasteiger partial charge >= 0.3 is 0 Å². The fourth-order valence-corrected chi connectivity index (χ4v) is 0.839. The Balaban J connectivity index is 2.80. The first-order chi connectivity index (χ1) is 5.59. The summed E-state index contributed by atoms with van der Waals surface area (Å²) in [6, 6.07) is 0. The van der Waals surface area contributed by atoms with Crippen LogP contribution < -0.4 is 0 Å². The number of hydrogen-bond acceptors (Lipinski definition) is 2. The highest BCUT2D eigenvalue weighted by Crippen LogP contribution is 2.11. The van der Waals surface area contributed by atoms with Crippen molar-refractivity contribution >= 4 is 17.7 Å². The number of allylic oxidation sites excluding steroid dienone is 1. The highest BCUT2D eigenvalue weighted by Gasteiger charge is 2.00. The predicted molar refractivity (Wildman–Crippen MR) is 50.0 cm³/mol. The monoisotopic (exact) mass is 185 g/mol. The average molecular weight is 186 g/mol. The number of halogens is 1. The molecule has 3 nitrogen and oxygen atoms in total. The molecule has 1 unspecified atom stereocenters. The van der Waals surface area contributed by atoms with Gasteiger partial charge in [0.1, 0.15) is 5.69 Å². The van der Waals surface area contributed by atoms with Gasteiger partial charge in [-0.15, -0.1) is 11.6 Å². The van der Waals surface area contributed by atoms with E-state index in [1.54, 1.807) is 13.2 Å². The van der Waals surface area contributed by atoms with Crippen LogP contribution in [0.5, 0.6) is 0 Å². The minimum absolute atomic E-state index is 0.0482. The molecule has 1 aromatic rings. The van der Waals surface area contributed by atoms with Crippen LogP contribution in [0.25, 0.3) is 6.08 Å². The van der Waals surface area contributed by atoms with Gasteiger partial charge in [-0.1, -0.05) is 5.57 Å².